The van der Waals surface area contributed by atoms with Crippen molar-refractivity contribution in [1.82, 2.24) is 4.90 Å². The molecular weight excluding hydrogens is 198 g/mol. The number of hydrogen-bond donors (Lipinski definition) is 0. The van der Waals surface area contributed by atoms with Gasteiger partial charge in [-0.15, -0.1) is 0 Å². The zero-order valence-corrected chi connectivity index (χ0v) is 9.12. The van der Waals surface area contributed by atoms with Crippen LogP contribution in [-0.2, 0) is 0 Å². The Balaban J connectivity index is 2.38. The lowest BCUT2D eigenvalue weighted by atomic mass is 10.2. The Morgan fingerprint density at radius 1 is 1.36 bits per heavy atom. The fourth-order valence-corrected chi connectivity index (χ4v) is 1.66. The summed E-state index contributed by atoms with van der Waals surface area (Å²) < 4.78 is 0. The van der Waals surface area contributed by atoms with Crippen LogP contribution in [0.1, 0.15) is 0 Å². The number of rotatable bonds is 0. The molecule has 14 heavy (non-hydrogen) atoms. The van der Waals surface area contributed by atoms with Crippen molar-refractivity contribution in [2.45, 2.75) is 6.04 Å². The lowest BCUT2D eigenvalue weighted by Crippen LogP contribution is -2.39. The van der Waals surface area contributed by atoms with E-state index in [2.05, 4.69) is 20.0 Å². The molecule has 0 radical (unpaired) electrons. The number of thioether (sulfide) groups is 1. The van der Waals surface area contributed by atoms with E-state index in [1.165, 1.54) is 11.8 Å². The minimum atomic E-state index is -0.0964. The molecule has 0 aliphatic carbocycles. The van der Waals surface area contributed by atoms with Gasteiger partial charge >= 0.3 is 0 Å². The summed E-state index contributed by atoms with van der Waals surface area (Å²) in [6.07, 6.45) is 3.50. The average Bonchev–Trinajstić information content (AvgIpc) is 2.63. The topological polar surface area (TPSA) is 52.7 Å². The second-order valence-electron chi connectivity index (χ2n) is 3.12. The molecule has 5 nitrogen and oxygen atoms in total. The number of nitrogens with zero attached hydrogens (tertiary/aromatic N) is 5. The van der Waals surface area contributed by atoms with E-state index in [9.17, 15) is 0 Å². The molecule has 2 aliphatic rings. The molecule has 0 aromatic heterocycles. The second kappa shape index (κ2) is 3.53. The van der Waals surface area contributed by atoms with E-state index >= 15 is 0 Å². The van der Waals surface area contributed by atoms with E-state index in [1.807, 2.05) is 25.3 Å². The molecule has 2 aliphatic heterocycles. The summed E-state index contributed by atoms with van der Waals surface area (Å²) in [6.45, 7) is 0. The van der Waals surface area contributed by atoms with Crippen molar-refractivity contribution in [3.63, 3.8) is 0 Å². The molecule has 6 heteroatoms. The number of likely N-dealkylation sites (N-methyl/N-ethyl adjacent to an activating group) is 1. The predicted molar refractivity (Wildman–Crippen MR) is 61.8 cm³/mol. The van der Waals surface area contributed by atoms with Crippen molar-refractivity contribution in [1.29, 1.82) is 0 Å². The summed E-state index contributed by atoms with van der Waals surface area (Å²) in [6, 6.07) is -0.0964. The maximum Gasteiger partial charge on any atom is 0.190 e. The van der Waals surface area contributed by atoms with Crippen LogP contribution in [0.5, 0.6) is 0 Å². The van der Waals surface area contributed by atoms with Gasteiger partial charge in [0.2, 0.25) is 0 Å². The molecule has 0 saturated carbocycles. The Hall–Kier alpha value is -1.17. The van der Waals surface area contributed by atoms with Gasteiger partial charge in [0, 0.05) is 14.1 Å². The zero-order valence-electron chi connectivity index (χ0n) is 8.30. The third-order valence-electron chi connectivity index (χ3n) is 1.96. The van der Waals surface area contributed by atoms with Crippen LogP contribution in [0.15, 0.2) is 20.0 Å². The molecular formula is C8H11N5S. The van der Waals surface area contributed by atoms with E-state index in [4.69, 9.17) is 0 Å². The first-order valence-electron chi connectivity index (χ1n) is 4.20. The Bertz CT molecular complexity index is 366. The van der Waals surface area contributed by atoms with Gasteiger partial charge in [0.05, 0.1) is 0 Å². The molecule has 1 atom stereocenters. The first-order chi connectivity index (χ1) is 6.72. The molecule has 0 bridgehead atoms. The van der Waals surface area contributed by atoms with Crippen molar-refractivity contribution >= 4 is 34.9 Å². The van der Waals surface area contributed by atoms with Crippen LogP contribution in [-0.4, -0.2) is 54.5 Å². The molecule has 74 valence electrons. The van der Waals surface area contributed by atoms with Crippen molar-refractivity contribution in [3.05, 3.63) is 0 Å². The van der Waals surface area contributed by atoms with Crippen LogP contribution in [0.2, 0.25) is 0 Å². The molecule has 2 heterocycles. The van der Waals surface area contributed by atoms with E-state index in [-0.39, 0.29) is 6.04 Å². The molecule has 0 aromatic carbocycles. The summed E-state index contributed by atoms with van der Waals surface area (Å²) in [5.74, 6) is 1.64. The highest BCUT2D eigenvalue weighted by Crippen LogP contribution is 2.16. The van der Waals surface area contributed by atoms with Crippen LogP contribution in [0.4, 0.5) is 0 Å². The van der Waals surface area contributed by atoms with E-state index < -0.39 is 0 Å². The van der Waals surface area contributed by atoms with Crippen LogP contribution in [0, 0.1) is 0 Å². The number of amidine groups is 3. The summed E-state index contributed by atoms with van der Waals surface area (Å²) >= 11 is 1.52. The SMILES string of the molecule is CSC1=NC2=NC=NC2C(N(C)C)=N1. The van der Waals surface area contributed by atoms with Gasteiger partial charge in [-0.05, 0) is 6.26 Å². The minimum absolute atomic E-state index is 0.0964. The Morgan fingerprint density at radius 2 is 2.14 bits per heavy atom. The monoisotopic (exact) mass is 209 g/mol. The quantitative estimate of drug-likeness (QED) is 0.583. The Labute approximate surface area is 86.7 Å². The van der Waals surface area contributed by atoms with Gasteiger partial charge < -0.3 is 4.90 Å². The smallest absolute Gasteiger partial charge is 0.190 e. The van der Waals surface area contributed by atoms with Gasteiger partial charge in [0.1, 0.15) is 12.2 Å². The van der Waals surface area contributed by atoms with E-state index in [1.54, 1.807) is 6.34 Å². The summed E-state index contributed by atoms with van der Waals surface area (Å²) in [7, 11) is 3.90. The Kier molecular flexibility index (Phi) is 2.37. The summed E-state index contributed by atoms with van der Waals surface area (Å²) in [5.41, 5.74) is 0. The molecule has 1 unspecified atom stereocenters. The lowest BCUT2D eigenvalue weighted by molar-refractivity contribution is 0.604. The molecule has 0 aromatic rings. The van der Waals surface area contributed by atoms with Gasteiger partial charge in [-0.2, -0.15) is 0 Å². The first-order valence-corrected chi connectivity index (χ1v) is 5.43. The normalized spacial score (nSPS) is 23.9. The van der Waals surface area contributed by atoms with Crippen molar-refractivity contribution in [3.8, 4) is 0 Å². The average molecular weight is 209 g/mol. The number of hydrogen-bond acceptors (Lipinski definition) is 6. The lowest BCUT2D eigenvalue weighted by Gasteiger charge is -2.22. The highest BCUT2D eigenvalue weighted by molar-refractivity contribution is 8.13. The van der Waals surface area contributed by atoms with Gasteiger partial charge in [-0.25, -0.2) is 15.0 Å². The van der Waals surface area contributed by atoms with Crippen LogP contribution >= 0.6 is 11.8 Å². The molecule has 0 fully saturated rings. The standard InChI is InChI=1S/C8H11N5S/c1-13(2)7-5-6(10-4-9-5)11-8(12-7)14-3/h4-5H,1-3H3. The maximum atomic E-state index is 4.40. The van der Waals surface area contributed by atoms with Crippen LogP contribution < -0.4 is 0 Å². The second-order valence-corrected chi connectivity index (χ2v) is 3.89. The van der Waals surface area contributed by atoms with Crippen molar-refractivity contribution in [2.24, 2.45) is 20.0 Å². The molecule has 0 amide bonds. The molecule has 0 N–H and O–H groups in total. The number of fused-ring (bicyclic) bond motifs is 1. The summed E-state index contributed by atoms with van der Waals surface area (Å²) in [5, 5.41) is 0.745. The minimum Gasteiger partial charge on any atom is -0.364 e. The molecule has 0 saturated heterocycles. The third kappa shape index (κ3) is 1.45. The zero-order chi connectivity index (χ0) is 10.1. The Morgan fingerprint density at radius 3 is 2.79 bits per heavy atom. The molecule has 0 spiro atoms. The van der Waals surface area contributed by atoms with Crippen LogP contribution in [0.3, 0.4) is 0 Å². The van der Waals surface area contributed by atoms with E-state index in [0.717, 1.165) is 16.8 Å². The fourth-order valence-electron chi connectivity index (χ4n) is 1.29. The summed E-state index contributed by atoms with van der Waals surface area (Å²) in [4.78, 5) is 19.0. The highest BCUT2D eigenvalue weighted by atomic mass is 32.2. The fraction of sp³-hybridized carbons (Fsp3) is 0.500. The van der Waals surface area contributed by atoms with Crippen molar-refractivity contribution < 1.29 is 0 Å². The van der Waals surface area contributed by atoms with Gasteiger partial charge in [-0.1, -0.05) is 11.8 Å². The van der Waals surface area contributed by atoms with Crippen molar-refractivity contribution in [2.75, 3.05) is 20.4 Å². The van der Waals surface area contributed by atoms with Gasteiger partial charge in [0.25, 0.3) is 0 Å². The maximum absolute atomic E-state index is 4.40. The number of aliphatic imine (C=N–C) groups is 4. The van der Waals surface area contributed by atoms with E-state index in [0.29, 0.717) is 0 Å². The van der Waals surface area contributed by atoms with Crippen LogP contribution in [0.25, 0.3) is 0 Å². The highest BCUT2D eigenvalue weighted by Gasteiger charge is 2.29. The third-order valence-corrected chi connectivity index (χ3v) is 2.50. The molecule has 2 rings (SSSR count). The first kappa shape index (κ1) is 9.39. The van der Waals surface area contributed by atoms with Gasteiger partial charge in [-0.3, -0.25) is 4.99 Å². The predicted octanol–water partition coefficient (Wildman–Crippen LogP) is 0.488. The largest absolute Gasteiger partial charge is 0.364 e. The van der Waals surface area contributed by atoms with Gasteiger partial charge in [0.15, 0.2) is 17.0 Å².